The monoisotopic (exact) mass is 318 g/mol. The molecule has 0 heterocycles. The SMILES string of the molecule is C=C(Br)CNC(=O)C(N)Cc1ccccc1.Cl. The lowest BCUT2D eigenvalue weighted by molar-refractivity contribution is -0.122. The minimum Gasteiger partial charge on any atom is -0.350 e. The Kier molecular flexibility index (Phi) is 7.87. The molecule has 0 saturated heterocycles. The van der Waals surface area contributed by atoms with Gasteiger partial charge in [-0.25, -0.2) is 0 Å². The second kappa shape index (κ2) is 8.28. The van der Waals surface area contributed by atoms with E-state index in [1.165, 1.54) is 0 Å². The Labute approximate surface area is 116 Å². The van der Waals surface area contributed by atoms with E-state index >= 15 is 0 Å². The van der Waals surface area contributed by atoms with E-state index in [1.54, 1.807) is 0 Å². The molecule has 0 bridgehead atoms. The van der Waals surface area contributed by atoms with E-state index in [0.717, 1.165) is 10.0 Å². The van der Waals surface area contributed by atoms with E-state index in [1.807, 2.05) is 30.3 Å². The molecule has 0 aliphatic carbocycles. The molecule has 1 unspecified atom stereocenters. The molecule has 0 aliphatic rings. The van der Waals surface area contributed by atoms with Gasteiger partial charge in [0.1, 0.15) is 0 Å². The fraction of sp³-hybridized carbons (Fsp3) is 0.250. The fourth-order valence-corrected chi connectivity index (χ4v) is 1.42. The minimum absolute atomic E-state index is 0. The first kappa shape index (κ1) is 16.2. The van der Waals surface area contributed by atoms with E-state index in [4.69, 9.17) is 5.73 Å². The summed E-state index contributed by atoms with van der Waals surface area (Å²) in [6.07, 6.45) is 0.543. The second-order valence-electron chi connectivity index (χ2n) is 3.53. The molecule has 0 saturated carbocycles. The van der Waals surface area contributed by atoms with Crippen LogP contribution in [-0.2, 0) is 11.2 Å². The van der Waals surface area contributed by atoms with E-state index < -0.39 is 6.04 Å². The van der Waals surface area contributed by atoms with Gasteiger partial charge >= 0.3 is 0 Å². The lowest BCUT2D eigenvalue weighted by atomic mass is 10.1. The fourth-order valence-electron chi connectivity index (χ4n) is 1.27. The highest BCUT2D eigenvalue weighted by atomic mass is 79.9. The van der Waals surface area contributed by atoms with Gasteiger partial charge in [-0.05, 0) is 12.0 Å². The lowest BCUT2D eigenvalue weighted by Gasteiger charge is -2.11. The lowest BCUT2D eigenvalue weighted by Crippen LogP contribution is -2.42. The van der Waals surface area contributed by atoms with Gasteiger partial charge in [0.15, 0.2) is 0 Å². The zero-order chi connectivity index (χ0) is 12.0. The number of amides is 1. The van der Waals surface area contributed by atoms with E-state index in [2.05, 4.69) is 27.8 Å². The molecule has 0 radical (unpaired) electrons. The average molecular weight is 320 g/mol. The van der Waals surface area contributed by atoms with Gasteiger partial charge in [0.05, 0.1) is 6.04 Å². The zero-order valence-electron chi connectivity index (χ0n) is 9.36. The summed E-state index contributed by atoms with van der Waals surface area (Å²) < 4.78 is 0.729. The molecular formula is C12H16BrClN2O. The summed E-state index contributed by atoms with van der Waals surface area (Å²) in [7, 11) is 0. The van der Waals surface area contributed by atoms with Crippen molar-refractivity contribution in [2.75, 3.05) is 6.54 Å². The van der Waals surface area contributed by atoms with Crippen LogP contribution in [0.2, 0.25) is 0 Å². The first-order valence-corrected chi connectivity index (χ1v) is 5.79. The highest BCUT2D eigenvalue weighted by Crippen LogP contribution is 2.02. The van der Waals surface area contributed by atoms with Crippen LogP contribution in [0.1, 0.15) is 5.56 Å². The number of hydrogen-bond donors (Lipinski definition) is 2. The zero-order valence-corrected chi connectivity index (χ0v) is 11.8. The molecule has 5 heteroatoms. The molecule has 3 nitrogen and oxygen atoms in total. The number of nitrogens with two attached hydrogens (primary N) is 1. The summed E-state index contributed by atoms with van der Waals surface area (Å²) in [5, 5.41) is 2.69. The van der Waals surface area contributed by atoms with Crippen LogP contribution >= 0.6 is 28.3 Å². The van der Waals surface area contributed by atoms with Crippen molar-refractivity contribution in [2.24, 2.45) is 5.73 Å². The molecule has 0 aromatic heterocycles. The maximum absolute atomic E-state index is 11.6. The van der Waals surface area contributed by atoms with Crippen LogP contribution in [0.5, 0.6) is 0 Å². The Balaban J connectivity index is 0.00000256. The molecule has 0 aliphatic heterocycles. The predicted octanol–water partition coefficient (Wildman–Crippen LogP) is 2.00. The molecule has 1 rings (SSSR count). The van der Waals surface area contributed by atoms with E-state index in [9.17, 15) is 4.79 Å². The van der Waals surface area contributed by atoms with Crippen LogP contribution in [0.4, 0.5) is 0 Å². The number of carbonyl (C=O) groups excluding carboxylic acids is 1. The summed E-state index contributed by atoms with van der Waals surface area (Å²) in [6.45, 7) is 4.04. The van der Waals surface area contributed by atoms with Crippen molar-refractivity contribution in [2.45, 2.75) is 12.5 Å². The molecular weight excluding hydrogens is 304 g/mol. The maximum Gasteiger partial charge on any atom is 0.237 e. The second-order valence-corrected chi connectivity index (χ2v) is 4.65. The molecule has 1 aromatic rings. The molecule has 1 atom stereocenters. The van der Waals surface area contributed by atoms with E-state index in [-0.39, 0.29) is 18.3 Å². The van der Waals surface area contributed by atoms with Gasteiger partial charge in [-0.1, -0.05) is 52.8 Å². The van der Waals surface area contributed by atoms with Gasteiger partial charge in [0.2, 0.25) is 5.91 Å². The molecule has 1 amide bonds. The third-order valence-electron chi connectivity index (χ3n) is 2.09. The molecule has 1 aromatic carbocycles. The first-order valence-electron chi connectivity index (χ1n) is 5.00. The number of nitrogens with one attached hydrogen (secondary N) is 1. The van der Waals surface area contributed by atoms with Crippen LogP contribution in [0.3, 0.4) is 0 Å². The first-order chi connectivity index (χ1) is 7.59. The van der Waals surface area contributed by atoms with Crippen molar-refractivity contribution in [1.29, 1.82) is 0 Å². The number of halogens is 2. The van der Waals surface area contributed by atoms with Gasteiger partial charge in [-0.3, -0.25) is 4.79 Å². The summed E-state index contributed by atoms with van der Waals surface area (Å²) in [5.41, 5.74) is 6.84. The molecule has 3 N–H and O–H groups in total. The van der Waals surface area contributed by atoms with Gasteiger partial charge in [-0.15, -0.1) is 12.4 Å². The van der Waals surface area contributed by atoms with Crippen LogP contribution in [-0.4, -0.2) is 18.5 Å². The van der Waals surface area contributed by atoms with Crippen molar-refractivity contribution in [3.8, 4) is 0 Å². The third kappa shape index (κ3) is 6.46. The minimum atomic E-state index is -0.519. The summed E-state index contributed by atoms with van der Waals surface area (Å²) in [6, 6.07) is 9.19. The van der Waals surface area contributed by atoms with Crippen molar-refractivity contribution in [1.82, 2.24) is 5.32 Å². The normalized spacial score (nSPS) is 11.2. The van der Waals surface area contributed by atoms with Crippen molar-refractivity contribution >= 4 is 34.2 Å². The molecule has 17 heavy (non-hydrogen) atoms. The van der Waals surface area contributed by atoms with Gasteiger partial charge in [-0.2, -0.15) is 0 Å². The molecule has 0 spiro atoms. The van der Waals surface area contributed by atoms with Crippen molar-refractivity contribution in [3.63, 3.8) is 0 Å². The summed E-state index contributed by atoms with van der Waals surface area (Å²) in [5.74, 6) is -0.163. The van der Waals surface area contributed by atoms with Gasteiger partial charge in [0.25, 0.3) is 0 Å². The molecule has 0 fully saturated rings. The van der Waals surface area contributed by atoms with Gasteiger partial charge in [0, 0.05) is 11.0 Å². The van der Waals surface area contributed by atoms with Crippen LogP contribution in [0, 0.1) is 0 Å². The Morgan fingerprint density at radius 3 is 2.53 bits per heavy atom. The van der Waals surface area contributed by atoms with E-state index in [0.29, 0.717) is 13.0 Å². The van der Waals surface area contributed by atoms with Crippen LogP contribution in [0.25, 0.3) is 0 Å². The Bertz CT molecular complexity index is 370. The predicted molar refractivity (Wildman–Crippen MR) is 76.4 cm³/mol. The number of hydrogen-bond acceptors (Lipinski definition) is 2. The summed E-state index contributed by atoms with van der Waals surface area (Å²) >= 11 is 3.17. The highest BCUT2D eigenvalue weighted by molar-refractivity contribution is 9.11. The largest absolute Gasteiger partial charge is 0.350 e. The van der Waals surface area contributed by atoms with Crippen molar-refractivity contribution < 1.29 is 4.79 Å². The highest BCUT2D eigenvalue weighted by Gasteiger charge is 2.13. The maximum atomic E-state index is 11.6. The average Bonchev–Trinajstić information content (AvgIpc) is 2.27. The topological polar surface area (TPSA) is 55.1 Å². The standard InChI is InChI=1S/C12H15BrN2O.ClH/c1-9(13)8-15-12(16)11(14)7-10-5-3-2-4-6-10;/h2-6,11H,1,7-8,14H2,(H,15,16);1H. The number of rotatable bonds is 5. The van der Waals surface area contributed by atoms with Crippen LogP contribution in [0.15, 0.2) is 41.4 Å². The Morgan fingerprint density at radius 1 is 1.41 bits per heavy atom. The third-order valence-corrected chi connectivity index (χ3v) is 2.37. The smallest absolute Gasteiger partial charge is 0.237 e. The quantitative estimate of drug-likeness (QED) is 0.872. The number of carbonyl (C=O) groups is 1. The van der Waals surface area contributed by atoms with Crippen LogP contribution < -0.4 is 11.1 Å². The van der Waals surface area contributed by atoms with Crippen molar-refractivity contribution in [3.05, 3.63) is 47.0 Å². The molecule has 94 valence electrons. The Morgan fingerprint density at radius 2 is 2.00 bits per heavy atom. The van der Waals surface area contributed by atoms with Gasteiger partial charge < -0.3 is 11.1 Å². The Hall–Kier alpha value is -0.840. The number of benzene rings is 1. The summed E-state index contributed by atoms with van der Waals surface area (Å²) in [4.78, 5) is 11.6.